The fourth-order valence-electron chi connectivity index (χ4n) is 4.27. The Balaban J connectivity index is 1.95. The highest BCUT2D eigenvalue weighted by Gasteiger charge is 2.40. The number of benzene rings is 1. The zero-order chi connectivity index (χ0) is 21.0. The summed E-state index contributed by atoms with van der Waals surface area (Å²) in [4.78, 5) is 18.9. The van der Waals surface area contributed by atoms with Crippen molar-refractivity contribution in [3.63, 3.8) is 0 Å². The van der Waals surface area contributed by atoms with E-state index in [2.05, 4.69) is 22.4 Å². The number of nitrogens with two attached hydrogens (primary N) is 1. The SMILES string of the molecule is CNC1CCC(Cc2cc(-c3ccnc(N(C)C)c3)ccc2OC)(C(N)=O)CC1. The quantitative estimate of drug-likeness (QED) is 0.752. The van der Waals surface area contributed by atoms with E-state index in [-0.39, 0.29) is 5.91 Å². The number of aromatic nitrogens is 1. The van der Waals surface area contributed by atoms with Crippen LogP contribution in [0.5, 0.6) is 5.75 Å². The molecule has 0 unspecified atom stereocenters. The molecule has 6 nitrogen and oxygen atoms in total. The highest BCUT2D eigenvalue weighted by molar-refractivity contribution is 5.81. The number of primary amides is 1. The molecule has 1 aliphatic carbocycles. The predicted octanol–water partition coefficient (Wildman–Crippen LogP) is 3.00. The van der Waals surface area contributed by atoms with E-state index in [1.54, 1.807) is 7.11 Å². The summed E-state index contributed by atoms with van der Waals surface area (Å²) in [6, 6.07) is 10.7. The molecule has 1 amide bonds. The Kier molecular flexibility index (Phi) is 6.42. The smallest absolute Gasteiger partial charge is 0.223 e. The first-order valence-electron chi connectivity index (χ1n) is 10.2. The van der Waals surface area contributed by atoms with Crippen LogP contribution in [0.15, 0.2) is 36.5 Å². The van der Waals surface area contributed by atoms with Gasteiger partial charge in [-0.1, -0.05) is 6.07 Å². The molecule has 1 fully saturated rings. The van der Waals surface area contributed by atoms with E-state index in [0.29, 0.717) is 12.5 Å². The van der Waals surface area contributed by atoms with Crippen molar-refractivity contribution in [3.8, 4) is 16.9 Å². The number of carbonyl (C=O) groups excluding carboxylic acids is 1. The Morgan fingerprint density at radius 3 is 2.52 bits per heavy atom. The number of anilines is 1. The van der Waals surface area contributed by atoms with Crippen LogP contribution in [0.4, 0.5) is 5.82 Å². The Morgan fingerprint density at radius 2 is 1.93 bits per heavy atom. The van der Waals surface area contributed by atoms with Gasteiger partial charge in [0.25, 0.3) is 0 Å². The van der Waals surface area contributed by atoms with Gasteiger partial charge in [0.15, 0.2) is 0 Å². The molecule has 2 aromatic rings. The zero-order valence-electron chi connectivity index (χ0n) is 17.9. The van der Waals surface area contributed by atoms with Gasteiger partial charge in [0.1, 0.15) is 11.6 Å². The molecule has 1 saturated carbocycles. The lowest BCUT2D eigenvalue weighted by molar-refractivity contribution is -0.129. The van der Waals surface area contributed by atoms with Gasteiger partial charge in [0.05, 0.1) is 12.5 Å². The first-order chi connectivity index (χ1) is 13.9. The summed E-state index contributed by atoms with van der Waals surface area (Å²) in [5.74, 6) is 1.49. The van der Waals surface area contributed by atoms with E-state index in [1.165, 1.54) is 0 Å². The van der Waals surface area contributed by atoms with Crippen LogP contribution in [0.2, 0.25) is 0 Å². The van der Waals surface area contributed by atoms with Crippen molar-refractivity contribution in [1.82, 2.24) is 10.3 Å². The van der Waals surface area contributed by atoms with Crippen molar-refractivity contribution in [3.05, 3.63) is 42.1 Å². The second-order valence-corrected chi connectivity index (χ2v) is 8.21. The summed E-state index contributed by atoms with van der Waals surface area (Å²) in [6.45, 7) is 0. The maximum atomic E-state index is 12.5. The second-order valence-electron chi connectivity index (χ2n) is 8.21. The molecule has 3 rings (SSSR count). The number of pyridine rings is 1. The molecule has 3 N–H and O–H groups in total. The number of rotatable bonds is 7. The minimum atomic E-state index is -0.522. The fraction of sp³-hybridized carbons (Fsp3) is 0.478. The van der Waals surface area contributed by atoms with Gasteiger partial charge >= 0.3 is 0 Å². The minimum Gasteiger partial charge on any atom is -0.496 e. The van der Waals surface area contributed by atoms with E-state index >= 15 is 0 Å². The van der Waals surface area contributed by atoms with Gasteiger partial charge < -0.3 is 20.7 Å². The van der Waals surface area contributed by atoms with E-state index in [1.807, 2.05) is 50.4 Å². The monoisotopic (exact) mass is 396 g/mol. The lowest BCUT2D eigenvalue weighted by Gasteiger charge is -2.38. The van der Waals surface area contributed by atoms with E-state index in [0.717, 1.165) is 53.9 Å². The maximum absolute atomic E-state index is 12.5. The van der Waals surface area contributed by atoms with Crippen LogP contribution in [0, 0.1) is 5.41 Å². The molecular weight excluding hydrogens is 364 g/mol. The summed E-state index contributed by atoms with van der Waals surface area (Å²) >= 11 is 0. The van der Waals surface area contributed by atoms with Gasteiger partial charge in [-0.25, -0.2) is 4.98 Å². The molecule has 0 radical (unpaired) electrons. The largest absolute Gasteiger partial charge is 0.496 e. The van der Waals surface area contributed by atoms with Crippen molar-refractivity contribution in [2.24, 2.45) is 11.1 Å². The average Bonchev–Trinajstić information content (AvgIpc) is 2.74. The molecule has 1 aliphatic rings. The molecule has 1 heterocycles. The molecule has 1 aromatic heterocycles. The Bertz CT molecular complexity index is 858. The Hall–Kier alpha value is -2.60. The van der Waals surface area contributed by atoms with Crippen molar-refractivity contribution >= 4 is 11.7 Å². The van der Waals surface area contributed by atoms with Crippen molar-refractivity contribution in [2.75, 3.05) is 33.2 Å². The lowest BCUT2D eigenvalue weighted by atomic mass is 9.68. The van der Waals surface area contributed by atoms with Gasteiger partial charge in [0.2, 0.25) is 5.91 Å². The number of hydrogen-bond acceptors (Lipinski definition) is 5. The molecule has 0 spiro atoms. The molecule has 156 valence electrons. The zero-order valence-corrected chi connectivity index (χ0v) is 17.9. The second kappa shape index (κ2) is 8.82. The van der Waals surface area contributed by atoms with Crippen LogP contribution in [0.25, 0.3) is 11.1 Å². The molecule has 0 bridgehead atoms. The normalized spacial score (nSPS) is 21.6. The first kappa shape index (κ1) is 21.1. The van der Waals surface area contributed by atoms with Crippen LogP contribution in [0.1, 0.15) is 31.2 Å². The predicted molar refractivity (Wildman–Crippen MR) is 117 cm³/mol. The molecule has 6 heteroatoms. The summed E-state index contributed by atoms with van der Waals surface area (Å²) in [5, 5.41) is 3.33. The van der Waals surface area contributed by atoms with Gasteiger partial charge in [-0.05, 0) is 80.1 Å². The molecule has 29 heavy (non-hydrogen) atoms. The third kappa shape index (κ3) is 4.53. The standard InChI is InChI=1S/C23H32N4O2/c1-25-19-7-10-23(11-8-19,22(24)28)15-18-13-16(5-6-20(18)29-4)17-9-12-26-21(14-17)27(2)3/h5-6,9,12-14,19,25H,7-8,10-11,15H2,1-4H3,(H2,24,28). The topological polar surface area (TPSA) is 80.5 Å². The Labute approximate surface area is 173 Å². The number of hydrogen-bond donors (Lipinski definition) is 2. The number of ether oxygens (including phenoxy) is 1. The third-order valence-electron chi connectivity index (χ3n) is 6.22. The van der Waals surface area contributed by atoms with E-state index in [4.69, 9.17) is 10.5 Å². The number of methoxy groups -OCH3 is 1. The highest BCUT2D eigenvalue weighted by atomic mass is 16.5. The summed E-state index contributed by atoms with van der Waals surface area (Å²) in [7, 11) is 7.60. The van der Waals surface area contributed by atoms with Crippen molar-refractivity contribution in [2.45, 2.75) is 38.1 Å². The van der Waals surface area contributed by atoms with Crippen LogP contribution in [-0.4, -0.2) is 45.2 Å². The van der Waals surface area contributed by atoms with Crippen LogP contribution in [-0.2, 0) is 11.2 Å². The summed E-state index contributed by atoms with van der Waals surface area (Å²) in [6.07, 6.45) is 5.92. The van der Waals surface area contributed by atoms with Crippen molar-refractivity contribution < 1.29 is 9.53 Å². The van der Waals surface area contributed by atoms with Gasteiger partial charge in [0, 0.05) is 26.3 Å². The van der Waals surface area contributed by atoms with Gasteiger partial charge in [-0.2, -0.15) is 0 Å². The molecule has 1 aromatic carbocycles. The Morgan fingerprint density at radius 1 is 1.24 bits per heavy atom. The van der Waals surface area contributed by atoms with E-state index in [9.17, 15) is 4.79 Å². The first-order valence-corrected chi connectivity index (χ1v) is 10.2. The van der Waals surface area contributed by atoms with E-state index < -0.39 is 5.41 Å². The molecule has 0 saturated heterocycles. The third-order valence-corrected chi connectivity index (χ3v) is 6.22. The highest BCUT2D eigenvalue weighted by Crippen LogP contribution is 2.41. The fourth-order valence-corrected chi connectivity index (χ4v) is 4.27. The van der Waals surface area contributed by atoms with Crippen LogP contribution in [0.3, 0.4) is 0 Å². The summed E-state index contributed by atoms with van der Waals surface area (Å²) < 4.78 is 5.62. The van der Waals surface area contributed by atoms with Gasteiger partial charge in [-0.3, -0.25) is 4.79 Å². The minimum absolute atomic E-state index is 0.210. The summed E-state index contributed by atoms with van der Waals surface area (Å²) in [5.41, 5.74) is 8.58. The van der Waals surface area contributed by atoms with Crippen LogP contribution < -0.4 is 20.7 Å². The van der Waals surface area contributed by atoms with Crippen LogP contribution >= 0.6 is 0 Å². The number of nitrogens with zero attached hydrogens (tertiary/aromatic N) is 2. The molecule has 0 aliphatic heterocycles. The van der Waals surface area contributed by atoms with Gasteiger partial charge in [-0.15, -0.1) is 0 Å². The van der Waals surface area contributed by atoms with Crippen molar-refractivity contribution in [1.29, 1.82) is 0 Å². The number of nitrogens with one attached hydrogen (secondary N) is 1. The number of amides is 1. The maximum Gasteiger partial charge on any atom is 0.223 e. The molecular formula is C23H32N4O2. The molecule has 0 atom stereocenters. The average molecular weight is 397 g/mol. The number of carbonyl (C=O) groups is 1. The lowest BCUT2D eigenvalue weighted by Crippen LogP contribution is -2.45.